The molecule has 0 aliphatic heterocycles. The van der Waals surface area contributed by atoms with Gasteiger partial charge in [-0.3, -0.25) is 4.72 Å². The van der Waals surface area contributed by atoms with Crippen LogP contribution < -0.4 is 15.4 Å². The molecular formula is C21H18N4O3S2. The molecule has 0 saturated heterocycles. The van der Waals surface area contributed by atoms with E-state index in [-0.39, 0.29) is 16.1 Å². The van der Waals surface area contributed by atoms with Crippen LogP contribution in [0.4, 0.5) is 21.3 Å². The van der Waals surface area contributed by atoms with Gasteiger partial charge >= 0.3 is 6.03 Å². The van der Waals surface area contributed by atoms with E-state index in [9.17, 15) is 13.2 Å². The summed E-state index contributed by atoms with van der Waals surface area (Å²) < 4.78 is 28.2. The van der Waals surface area contributed by atoms with Crippen LogP contribution in [0.25, 0.3) is 10.2 Å². The van der Waals surface area contributed by atoms with E-state index in [0.717, 1.165) is 10.3 Å². The molecule has 3 N–H and O–H groups in total. The van der Waals surface area contributed by atoms with Crippen LogP contribution in [0.5, 0.6) is 0 Å². The lowest BCUT2D eigenvalue weighted by molar-refractivity contribution is 0.262. The van der Waals surface area contributed by atoms with Crippen molar-refractivity contribution in [3.05, 3.63) is 78.4 Å². The average Bonchev–Trinajstić information content (AvgIpc) is 3.11. The Hall–Kier alpha value is -3.43. The molecule has 7 nitrogen and oxygen atoms in total. The van der Waals surface area contributed by atoms with Crippen molar-refractivity contribution in [1.82, 2.24) is 4.98 Å². The molecule has 0 unspecified atom stereocenters. The number of urea groups is 1. The number of carbonyl (C=O) groups is 1. The Morgan fingerprint density at radius 1 is 0.900 bits per heavy atom. The average molecular weight is 439 g/mol. The number of fused-ring (bicyclic) bond motifs is 1. The fourth-order valence-corrected chi connectivity index (χ4v) is 4.85. The Morgan fingerprint density at radius 2 is 1.57 bits per heavy atom. The first-order valence-electron chi connectivity index (χ1n) is 9.02. The number of nitrogens with zero attached hydrogens (tertiary/aromatic N) is 1. The van der Waals surface area contributed by atoms with Gasteiger partial charge in [0, 0.05) is 11.4 Å². The van der Waals surface area contributed by atoms with Crippen molar-refractivity contribution in [2.75, 3.05) is 15.4 Å². The number of carbonyl (C=O) groups excluding carboxylic acids is 1. The number of hydrogen-bond donors (Lipinski definition) is 3. The first-order chi connectivity index (χ1) is 14.4. The van der Waals surface area contributed by atoms with E-state index >= 15 is 0 Å². The molecule has 0 aliphatic carbocycles. The van der Waals surface area contributed by atoms with E-state index in [4.69, 9.17) is 0 Å². The zero-order chi connectivity index (χ0) is 21.1. The molecule has 0 fully saturated rings. The lowest BCUT2D eigenvalue weighted by Crippen LogP contribution is -2.19. The number of sulfonamides is 1. The van der Waals surface area contributed by atoms with E-state index in [0.29, 0.717) is 16.9 Å². The maximum Gasteiger partial charge on any atom is 0.323 e. The highest BCUT2D eigenvalue weighted by atomic mass is 32.2. The summed E-state index contributed by atoms with van der Waals surface area (Å²) in [6, 6.07) is 20.4. The molecule has 0 spiro atoms. The van der Waals surface area contributed by atoms with Crippen LogP contribution in [0.1, 0.15) is 5.56 Å². The Kier molecular flexibility index (Phi) is 5.39. The van der Waals surface area contributed by atoms with Gasteiger partial charge in [0.15, 0.2) is 5.13 Å². The molecule has 30 heavy (non-hydrogen) atoms. The van der Waals surface area contributed by atoms with Crippen molar-refractivity contribution in [3.8, 4) is 0 Å². The predicted molar refractivity (Wildman–Crippen MR) is 121 cm³/mol. The highest BCUT2D eigenvalue weighted by Gasteiger charge is 2.16. The van der Waals surface area contributed by atoms with Gasteiger partial charge in [-0.15, -0.1) is 0 Å². The Labute approximate surface area is 177 Å². The van der Waals surface area contributed by atoms with Crippen LogP contribution in [-0.2, 0) is 10.0 Å². The number of rotatable bonds is 5. The van der Waals surface area contributed by atoms with E-state index in [1.54, 1.807) is 36.4 Å². The van der Waals surface area contributed by atoms with Gasteiger partial charge in [-0.1, -0.05) is 47.2 Å². The van der Waals surface area contributed by atoms with Gasteiger partial charge in [0.1, 0.15) is 0 Å². The summed E-state index contributed by atoms with van der Waals surface area (Å²) in [5.41, 5.74) is 2.92. The Morgan fingerprint density at radius 3 is 2.30 bits per heavy atom. The summed E-state index contributed by atoms with van der Waals surface area (Å²) in [6.07, 6.45) is 0. The monoisotopic (exact) mass is 438 g/mol. The van der Waals surface area contributed by atoms with Crippen molar-refractivity contribution in [3.63, 3.8) is 0 Å². The van der Waals surface area contributed by atoms with Crippen LogP contribution in [-0.4, -0.2) is 19.4 Å². The number of nitrogens with one attached hydrogen (secondary N) is 3. The molecule has 4 rings (SSSR count). The van der Waals surface area contributed by atoms with Crippen LogP contribution >= 0.6 is 11.3 Å². The standard InChI is InChI=1S/C21H18N4O3S2/c1-14-7-9-15(10-8-14)22-20(26)23-16-11-12-19-18(13-16)24-21(29-19)25-30(27,28)17-5-3-2-4-6-17/h2-13H,1H3,(H,24,25)(H2,22,23,26). The van der Waals surface area contributed by atoms with Gasteiger partial charge in [0.25, 0.3) is 10.0 Å². The molecule has 2 amide bonds. The number of benzene rings is 3. The van der Waals surface area contributed by atoms with Crippen molar-refractivity contribution in [2.24, 2.45) is 0 Å². The minimum atomic E-state index is -3.71. The highest BCUT2D eigenvalue weighted by molar-refractivity contribution is 7.93. The van der Waals surface area contributed by atoms with Crippen molar-refractivity contribution < 1.29 is 13.2 Å². The summed E-state index contributed by atoms with van der Waals surface area (Å²) in [5.74, 6) is 0. The zero-order valence-electron chi connectivity index (χ0n) is 15.9. The van der Waals surface area contributed by atoms with E-state index in [1.165, 1.54) is 23.5 Å². The second kappa shape index (κ2) is 8.13. The fraction of sp³-hybridized carbons (Fsp3) is 0.0476. The quantitative estimate of drug-likeness (QED) is 0.406. The largest absolute Gasteiger partial charge is 0.323 e. The number of hydrogen-bond acceptors (Lipinski definition) is 5. The fourth-order valence-electron chi connectivity index (χ4n) is 2.75. The molecule has 3 aromatic carbocycles. The van der Waals surface area contributed by atoms with Crippen LogP contribution in [0.15, 0.2) is 77.7 Å². The summed E-state index contributed by atoms with van der Waals surface area (Å²) in [4.78, 5) is 16.7. The van der Waals surface area contributed by atoms with Crippen molar-refractivity contribution in [2.45, 2.75) is 11.8 Å². The maximum absolute atomic E-state index is 12.5. The minimum Gasteiger partial charge on any atom is -0.308 e. The number of aryl methyl sites for hydroxylation is 1. The predicted octanol–water partition coefficient (Wildman–Crippen LogP) is 5.05. The van der Waals surface area contributed by atoms with Gasteiger partial charge < -0.3 is 10.6 Å². The second-order valence-corrected chi connectivity index (χ2v) is 9.28. The number of thiazole rings is 1. The third kappa shape index (κ3) is 4.58. The molecule has 4 aromatic rings. The number of aromatic nitrogens is 1. The SMILES string of the molecule is Cc1ccc(NC(=O)Nc2ccc3sc(NS(=O)(=O)c4ccccc4)nc3c2)cc1. The smallest absolute Gasteiger partial charge is 0.308 e. The summed E-state index contributed by atoms with van der Waals surface area (Å²) in [6.45, 7) is 1.97. The van der Waals surface area contributed by atoms with E-state index in [2.05, 4.69) is 20.3 Å². The molecule has 1 heterocycles. The Bertz CT molecular complexity index is 1300. The van der Waals surface area contributed by atoms with Crippen LogP contribution in [0, 0.1) is 6.92 Å². The van der Waals surface area contributed by atoms with Crippen molar-refractivity contribution >= 4 is 54.1 Å². The third-order valence-corrected chi connectivity index (χ3v) is 6.67. The van der Waals surface area contributed by atoms with Gasteiger partial charge in [0.05, 0.1) is 15.1 Å². The van der Waals surface area contributed by atoms with Gasteiger partial charge in [-0.25, -0.2) is 18.2 Å². The van der Waals surface area contributed by atoms with E-state index < -0.39 is 10.0 Å². The summed E-state index contributed by atoms with van der Waals surface area (Å²) in [7, 11) is -3.71. The Balaban J connectivity index is 1.48. The normalized spacial score (nSPS) is 11.2. The lowest BCUT2D eigenvalue weighted by Gasteiger charge is -2.07. The topological polar surface area (TPSA) is 100 Å². The molecule has 0 saturated carbocycles. The van der Waals surface area contributed by atoms with Crippen LogP contribution in [0.3, 0.4) is 0 Å². The van der Waals surface area contributed by atoms with Gasteiger partial charge in [0.2, 0.25) is 0 Å². The first-order valence-corrected chi connectivity index (χ1v) is 11.3. The van der Waals surface area contributed by atoms with Gasteiger partial charge in [-0.05, 0) is 49.4 Å². The highest BCUT2D eigenvalue weighted by Crippen LogP contribution is 2.29. The third-order valence-electron chi connectivity index (χ3n) is 4.23. The molecule has 0 atom stereocenters. The summed E-state index contributed by atoms with van der Waals surface area (Å²) in [5, 5.41) is 5.78. The van der Waals surface area contributed by atoms with Gasteiger partial charge in [-0.2, -0.15) is 0 Å². The molecule has 0 bridgehead atoms. The van der Waals surface area contributed by atoms with Crippen LogP contribution in [0.2, 0.25) is 0 Å². The zero-order valence-corrected chi connectivity index (χ0v) is 17.5. The molecule has 1 aromatic heterocycles. The maximum atomic E-state index is 12.5. The molecule has 0 aliphatic rings. The number of anilines is 3. The summed E-state index contributed by atoms with van der Waals surface area (Å²) >= 11 is 1.22. The molecule has 0 radical (unpaired) electrons. The van der Waals surface area contributed by atoms with E-state index in [1.807, 2.05) is 31.2 Å². The first kappa shape index (κ1) is 19.9. The minimum absolute atomic E-state index is 0.166. The van der Waals surface area contributed by atoms with Crippen molar-refractivity contribution in [1.29, 1.82) is 0 Å². The lowest BCUT2D eigenvalue weighted by atomic mass is 10.2. The molecule has 9 heteroatoms. The molecule has 152 valence electrons. The number of amides is 2. The molecular weight excluding hydrogens is 420 g/mol. The second-order valence-electron chi connectivity index (χ2n) is 6.57.